The van der Waals surface area contributed by atoms with Crippen molar-refractivity contribution in [2.24, 2.45) is 0 Å². The van der Waals surface area contributed by atoms with Crippen LogP contribution in [0.25, 0.3) is 0 Å². The molecule has 0 unspecified atom stereocenters. The minimum Gasteiger partial charge on any atom is -0.481 e. The van der Waals surface area contributed by atoms with Crippen LogP contribution in [-0.2, 0) is 9.36 Å². The van der Waals surface area contributed by atoms with E-state index in [4.69, 9.17) is 19.5 Å². The van der Waals surface area contributed by atoms with Gasteiger partial charge in [-0.05, 0) is 6.42 Å². The minimum absolute atomic E-state index is 0.292. The van der Waals surface area contributed by atoms with Crippen molar-refractivity contribution in [3.63, 3.8) is 0 Å². The van der Waals surface area contributed by atoms with E-state index >= 15 is 0 Å². The maximum absolute atomic E-state index is 9.60. The number of hydrogen-bond acceptors (Lipinski definition) is 2. The van der Waals surface area contributed by atoms with Crippen LogP contribution in [0.1, 0.15) is 19.8 Å². The number of aliphatic carboxylic acids is 1. The summed E-state index contributed by atoms with van der Waals surface area (Å²) in [5.74, 6) is -0.711. The highest BCUT2D eigenvalue weighted by atomic mass is 31.1. The van der Waals surface area contributed by atoms with Crippen molar-refractivity contribution in [1.82, 2.24) is 0 Å². The van der Waals surface area contributed by atoms with Crippen LogP contribution in [0, 0.1) is 0 Å². The predicted octanol–water partition coefficient (Wildman–Crippen LogP) is 0.499. The van der Waals surface area contributed by atoms with Gasteiger partial charge in [0.2, 0.25) is 0 Å². The normalized spacial score (nSPS) is 7.50. The first kappa shape index (κ1) is 12.2. The monoisotopic (exact) mass is 169 g/mol. The van der Waals surface area contributed by atoms with Crippen molar-refractivity contribution in [2.75, 3.05) is 0 Å². The summed E-state index contributed by atoms with van der Waals surface area (Å²) in [5.41, 5.74) is 0. The molecule has 0 atom stereocenters. The summed E-state index contributed by atoms with van der Waals surface area (Å²) in [6.07, 6.45) is 1.02. The highest BCUT2D eigenvalue weighted by Crippen LogP contribution is 1.98. The maximum atomic E-state index is 9.60. The van der Waals surface area contributed by atoms with Crippen LogP contribution >= 0.6 is 8.25 Å². The standard InChI is InChI=1S/C4H8O2.HO3P/c1-2-3-4(5)6;1-4(2)3/h2-3H2,1H3,(H,5,6);(H-,1,2,3)/p+1. The van der Waals surface area contributed by atoms with Gasteiger partial charge in [0.15, 0.2) is 0 Å². The molecule has 0 aliphatic carbocycles. The van der Waals surface area contributed by atoms with Crippen molar-refractivity contribution >= 4 is 14.2 Å². The quantitative estimate of drug-likeness (QED) is 0.523. The van der Waals surface area contributed by atoms with Crippen LogP contribution in [0.15, 0.2) is 0 Å². The summed E-state index contributed by atoms with van der Waals surface area (Å²) in [4.78, 5) is 23.8. The average molecular weight is 169 g/mol. The first-order chi connectivity index (χ1) is 4.50. The van der Waals surface area contributed by atoms with Crippen molar-refractivity contribution < 1.29 is 24.3 Å². The Hall–Kier alpha value is -0.510. The lowest BCUT2D eigenvalue weighted by atomic mass is 10.4. The third-order valence-electron chi connectivity index (χ3n) is 0.464. The highest BCUT2D eigenvalue weighted by Gasteiger charge is 1.93. The average Bonchev–Trinajstić information content (AvgIpc) is 1.62. The van der Waals surface area contributed by atoms with E-state index in [0.29, 0.717) is 6.42 Å². The third-order valence-corrected chi connectivity index (χ3v) is 0.464. The van der Waals surface area contributed by atoms with Crippen LogP contribution in [0.4, 0.5) is 0 Å². The molecule has 0 saturated heterocycles. The lowest BCUT2D eigenvalue weighted by Crippen LogP contribution is -1.90. The van der Waals surface area contributed by atoms with E-state index in [1.165, 1.54) is 0 Å². The van der Waals surface area contributed by atoms with E-state index in [2.05, 4.69) is 0 Å². The molecule has 0 aromatic carbocycles. The molecule has 0 saturated carbocycles. The Morgan fingerprint density at radius 3 is 1.80 bits per heavy atom. The Morgan fingerprint density at radius 2 is 1.80 bits per heavy atom. The van der Waals surface area contributed by atoms with Gasteiger partial charge in [0, 0.05) is 11.0 Å². The second-order valence-electron chi connectivity index (χ2n) is 1.40. The van der Waals surface area contributed by atoms with E-state index < -0.39 is 14.2 Å². The van der Waals surface area contributed by atoms with Gasteiger partial charge < -0.3 is 5.11 Å². The molecule has 0 aliphatic rings. The lowest BCUT2D eigenvalue weighted by molar-refractivity contribution is -0.137. The third kappa shape index (κ3) is 50.9. The summed E-state index contributed by atoms with van der Waals surface area (Å²) >= 11 is 0. The Morgan fingerprint density at radius 1 is 1.50 bits per heavy atom. The van der Waals surface area contributed by atoms with Gasteiger partial charge in [0.25, 0.3) is 0 Å². The predicted molar refractivity (Wildman–Crippen MR) is 34.6 cm³/mol. The maximum Gasteiger partial charge on any atom is 0.692 e. The van der Waals surface area contributed by atoms with Gasteiger partial charge in [0.05, 0.1) is 0 Å². The molecule has 6 heteroatoms. The van der Waals surface area contributed by atoms with Gasteiger partial charge in [-0.3, -0.25) is 4.79 Å². The molecule has 0 spiro atoms. The zero-order chi connectivity index (χ0) is 8.57. The van der Waals surface area contributed by atoms with E-state index in [1.807, 2.05) is 6.92 Å². The van der Waals surface area contributed by atoms with Gasteiger partial charge >= 0.3 is 14.2 Å². The van der Waals surface area contributed by atoms with E-state index in [-0.39, 0.29) is 0 Å². The fourth-order valence-corrected chi connectivity index (χ4v) is 0.214. The Balaban J connectivity index is 0. The van der Waals surface area contributed by atoms with Gasteiger partial charge in [-0.15, -0.1) is 9.79 Å². The summed E-state index contributed by atoms with van der Waals surface area (Å²) in [5, 5.41) is 7.91. The molecule has 60 valence electrons. The fraction of sp³-hybridized carbons (Fsp3) is 0.750. The van der Waals surface area contributed by atoms with Gasteiger partial charge in [-0.1, -0.05) is 6.92 Å². The summed E-state index contributed by atoms with van der Waals surface area (Å²) in [6.45, 7) is 1.84. The smallest absolute Gasteiger partial charge is 0.481 e. The molecule has 0 amide bonds. The molecule has 0 aliphatic heterocycles. The van der Waals surface area contributed by atoms with Crippen LogP contribution in [0.5, 0.6) is 0 Å². The molecule has 0 aromatic heterocycles. The molecule has 0 fully saturated rings. The fourth-order valence-electron chi connectivity index (χ4n) is 0.214. The van der Waals surface area contributed by atoms with Crippen molar-refractivity contribution in [2.45, 2.75) is 19.8 Å². The number of rotatable bonds is 2. The van der Waals surface area contributed by atoms with Crippen LogP contribution in [0.2, 0.25) is 0 Å². The minimum atomic E-state index is -2.87. The summed E-state index contributed by atoms with van der Waals surface area (Å²) < 4.78 is 8.70. The van der Waals surface area contributed by atoms with E-state index in [0.717, 1.165) is 6.42 Å². The molecule has 0 radical (unpaired) electrons. The Labute approximate surface area is 59.3 Å². The molecular formula is C4H10O5P+. The first-order valence-corrected chi connectivity index (χ1v) is 3.74. The summed E-state index contributed by atoms with van der Waals surface area (Å²) in [6, 6.07) is 0. The number of carbonyl (C=O) groups is 1. The van der Waals surface area contributed by atoms with E-state index in [9.17, 15) is 4.79 Å². The van der Waals surface area contributed by atoms with Crippen LogP contribution in [-0.4, -0.2) is 20.9 Å². The van der Waals surface area contributed by atoms with E-state index in [1.54, 1.807) is 0 Å². The number of carboxylic acids is 1. The SMILES string of the molecule is CCCC(=O)O.O=[P+](O)O. The van der Waals surface area contributed by atoms with Gasteiger partial charge in [-0.2, -0.15) is 0 Å². The van der Waals surface area contributed by atoms with Crippen LogP contribution in [0.3, 0.4) is 0 Å². The van der Waals surface area contributed by atoms with Crippen molar-refractivity contribution in [3.05, 3.63) is 0 Å². The van der Waals surface area contributed by atoms with Crippen molar-refractivity contribution in [3.8, 4) is 0 Å². The number of hydrogen-bond donors (Lipinski definition) is 3. The second kappa shape index (κ2) is 8.49. The zero-order valence-corrected chi connectivity index (χ0v) is 6.41. The van der Waals surface area contributed by atoms with Crippen molar-refractivity contribution in [1.29, 1.82) is 0 Å². The summed E-state index contributed by atoms with van der Waals surface area (Å²) in [7, 11) is -2.87. The lowest BCUT2D eigenvalue weighted by Gasteiger charge is -1.79. The second-order valence-corrected chi connectivity index (χ2v) is 1.90. The molecule has 10 heavy (non-hydrogen) atoms. The Bertz CT molecular complexity index is 108. The Kier molecular flexibility index (Phi) is 10.4. The molecule has 0 heterocycles. The molecule has 5 nitrogen and oxygen atoms in total. The molecule has 0 rings (SSSR count). The first-order valence-electron chi connectivity index (χ1n) is 2.57. The van der Waals surface area contributed by atoms with Crippen LogP contribution < -0.4 is 0 Å². The molecule has 3 N–H and O–H groups in total. The number of carboxylic acid groups (broad SMARTS) is 1. The molecule has 0 aromatic rings. The van der Waals surface area contributed by atoms with Gasteiger partial charge in [-0.25, -0.2) is 0 Å². The van der Waals surface area contributed by atoms with Gasteiger partial charge in [0.1, 0.15) is 0 Å². The highest BCUT2D eigenvalue weighted by molar-refractivity contribution is 7.30. The topological polar surface area (TPSA) is 94.8 Å². The zero-order valence-electron chi connectivity index (χ0n) is 5.52. The largest absolute Gasteiger partial charge is 0.692 e. The molecular weight excluding hydrogens is 159 g/mol. The molecule has 0 bridgehead atoms.